The molecule has 4 heteroatoms. The van der Waals surface area contributed by atoms with E-state index >= 15 is 0 Å². The average molecular weight is 429 g/mol. The number of benzene rings is 3. The number of likely N-dealkylation sites (tertiary alicyclic amines) is 1. The molecule has 3 aromatic carbocycles. The molecule has 4 nitrogen and oxygen atoms in total. The summed E-state index contributed by atoms with van der Waals surface area (Å²) in [7, 11) is 1.69. The van der Waals surface area contributed by atoms with Gasteiger partial charge in [0.2, 0.25) is 5.91 Å². The first-order chi connectivity index (χ1) is 15.6. The van der Waals surface area contributed by atoms with Gasteiger partial charge in [0.1, 0.15) is 5.75 Å². The highest BCUT2D eigenvalue weighted by Crippen LogP contribution is 2.32. The second-order valence-electron chi connectivity index (χ2n) is 8.73. The largest absolute Gasteiger partial charge is 0.497 e. The summed E-state index contributed by atoms with van der Waals surface area (Å²) in [6.45, 7) is 4.56. The lowest BCUT2D eigenvalue weighted by Crippen LogP contribution is -2.45. The lowest BCUT2D eigenvalue weighted by atomic mass is 9.83. The molecule has 4 rings (SSSR count). The highest BCUT2D eigenvalue weighted by atomic mass is 16.5. The minimum Gasteiger partial charge on any atom is -0.497 e. The molecule has 1 heterocycles. The number of hydrogen-bond acceptors (Lipinski definition) is 3. The Labute approximate surface area is 191 Å². The highest BCUT2D eigenvalue weighted by Gasteiger charge is 2.33. The van der Waals surface area contributed by atoms with Crippen LogP contribution in [0.3, 0.4) is 0 Å². The van der Waals surface area contributed by atoms with Crippen molar-refractivity contribution >= 4 is 5.91 Å². The van der Waals surface area contributed by atoms with Crippen LogP contribution < -0.4 is 10.1 Å². The molecule has 0 aromatic heterocycles. The van der Waals surface area contributed by atoms with Crippen molar-refractivity contribution < 1.29 is 9.53 Å². The molecule has 1 saturated heterocycles. The van der Waals surface area contributed by atoms with E-state index in [2.05, 4.69) is 65.7 Å². The third kappa shape index (κ3) is 5.57. The van der Waals surface area contributed by atoms with E-state index in [9.17, 15) is 4.79 Å². The topological polar surface area (TPSA) is 41.6 Å². The Morgan fingerprint density at radius 2 is 1.72 bits per heavy atom. The molecule has 3 atom stereocenters. The van der Waals surface area contributed by atoms with E-state index in [1.54, 1.807) is 7.11 Å². The van der Waals surface area contributed by atoms with Gasteiger partial charge in [-0.3, -0.25) is 9.69 Å². The highest BCUT2D eigenvalue weighted by molar-refractivity contribution is 5.79. The quantitative estimate of drug-likeness (QED) is 0.564. The molecule has 166 valence electrons. The lowest BCUT2D eigenvalue weighted by Gasteiger charge is -2.38. The summed E-state index contributed by atoms with van der Waals surface area (Å²) in [6, 6.07) is 28.9. The van der Waals surface area contributed by atoms with Gasteiger partial charge in [0.15, 0.2) is 0 Å². The first kappa shape index (κ1) is 22.1. The van der Waals surface area contributed by atoms with Crippen molar-refractivity contribution in [3.63, 3.8) is 0 Å². The zero-order valence-corrected chi connectivity index (χ0v) is 18.9. The van der Waals surface area contributed by atoms with Crippen LogP contribution in [-0.2, 0) is 11.3 Å². The molecule has 3 unspecified atom stereocenters. The number of rotatable bonds is 7. The second kappa shape index (κ2) is 10.5. The van der Waals surface area contributed by atoms with Gasteiger partial charge in [-0.25, -0.2) is 0 Å². The van der Waals surface area contributed by atoms with Crippen LogP contribution >= 0.6 is 0 Å². The number of nitrogens with one attached hydrogen (secondary N) is 1. The Morgan fingerprint density at radius 1 is 1.00 bits per heavy atom. The fourth-order valence-corrected chi connectivity index (χ4v) is 4.66. The van der Waals surface area contributed by atoms with Crippen LogP contribution in [0.25, 0.3) is 0 Å². The molecule has 0 aliphatic carbocycles. The van der Waals surface area contributed by atoms with Gasteiger partial charge >= 0.3 is 0 Å². The number of ether oxygens (including phenoxy) is 1. The predicted molar refractivity (Wildman–Crippen MR) is 129 cm³/mol. The number of piperidine rings is 1. The summed E-state index contributed by atoms with van der Waals surface area (Å²) >= 11 is 0. The normalized spacial score (nSPS) is 19.8. The zero-order chi connectivity index (χ0) is 22.3. The summed E-state index contributed by atoms with van der Waals surface area (Å²) < 4.78 is 5.40. The van der Waals surface area contributed by atoms with Gasteiger partial charge in [0.05, 0.1) is 19.1 Å². The summed E-state index contributed by atoms with van der Waals surface area (Å²) in [5.41, 5.74) is 3.64. The van der Waals surface area contributed by atoms with Crippen molar-refractivity contribution in [1.82, 2.24) is 10.2 Å². The molecular weight excluding hydrogens is 396 g/mol. The number of hydrogen-bond donors (Lipinski definition) is 1. The van der Waals surface area contributed by atoms with E-state index < -0.39 is 0 Å². The van der Waals surface area contributed by atoms with Crippen LogP contribution in [0.2, 0.25) is 0 Å². The van der Waals surface area contributed by atoms with E-state index in [4.69, 9.17) is 4.74 Å². The summed E-state index contributed by atoms with van der Waals surface area (Å²) in [6.07, 6.45) is 0.867. The standard InChI is InChI=1S/C28H32N2O2/c1-21(23-11-5-3-6-12-23)29-28(31)26-17-25(24-13-7-4-8-14-24)19-30(20-26)18-22-10-9-15-27(16-22)32-2/h3-16,21,25-26H,17-20H2,1-2H3,(H,29,31). The number of nitrogens with zero attached hydrogens (tertiary/aromatic N) is 1. The number of amides is 1. The first-order valence-electron chi connectivity index (χ1n) is 11.4. The van der Waals surface area contributed by atoms with Crippen LogP contribution in [-0.4, -0.2) is 31.0 Å². The van der Waals surface area contributed by atoms with Crippen molar-refractivity contribution in [3.8, 4) is 5.75 Å². The fourth-order valence-electron chi connectivity index (χ4n) is 4.66. The van der Waals surface area contributed by atoms with Crippen LogP contribution in [0, 0.1) is 5.92 Å². The van der Waals surface area contributed by atoms with Gasteiger partial charge in [-0.05, 0) is 48.1 Å². The molecule has 1 amide bonds. The molecule has 0 bridgehead atoms. The molecule has 1 fully saturated rings. The van der Waals surface area contributed by atoms with Gasteiger partial charge in [-0.15, -0.1) is 0 Å². The number of carbonyl (C=O) groups is 1. The maximum absolute atomic E-state index is 13.3. The summed E-state index contributed by atoms with van der Waals surface area (Å²) in [5, 5.41) is 3.25. The molecule has 3 aromatic rings. The Bertz CT molecular complexity index is 1010. The van der Waals surface area contributed by atoms with Crippen molar-refractivity contribution in [2.45, 2.75) is 31.8 Å². The van der Waals surface area contributed by atoms with E-state index in [0.29, 0.717) is 5.92 Å². The summed E-state index contributed by atoms with van der Waals surface area (Å²) in [5.74, 6) is 1.28. The van der Waals surface area contributed by atoms with Crippen LogP contribution in [0.4, 0.5) is 0 Å². The maximum atomic E-state index is 13.3. The van der Waals surface area contributed by atoms with E-state index in [0.717, 1.165) is 37.4 Å². The molecule has 32 heavy (non-hydrogen) atoms. The van der Waals surface area contributed by atoms with Crippen molar-refractivity contribution in [2.75, 3.05) is 20.2 Å². The lowest BCUT2D eigenvalue weighted by molar-refractivity contribution is -0.127. The van der Waals surface area contributed by atoms with Crippen LogP contribution in [0.1, 0.15) is 42.0 Å². The van der Waals surface area contributed by atoms with Gasteiger partial charge in [-0.1, -0.05) is 72.8 Å². The molecule has 1 N–H and O–H groups in total. The minimum absolute atomic E-state index is 0.00682. The van der Waals surface area contributed by atoms with Gasteiger partial charge in [0, 0.05) is 19.6 Å². The molecule has 0 spiro atoms. The van der Waals surface area contributed by atoms with Gasteiger partial charge < -0.3 is 10.1 Å². The Kier molecular flexibility index (Phi) is 7.23. The molecule has 1 aliphatic rings. The number of methoxy groups -OCH3 is 1. The van der Waals surface area contributed by atoms with Crippen molar-refractivity contribution in [1.29, 1.82) is 0 Å². The smallest absolute Gasteiger partial charge is 0.224 e. The van der Waals surface area contributed by atoms with E-state index in [1.165, 1.54) is 11.1 Å². The number of carbonyl (C=O) groups excluding carboxylic acids is 1. The van der Waals surface area contributed by atoms with Crippen molar-refractivity contribution in [2.24, 2.45) is 5.92 Å². The van der Waals surface area contributed by atoms with Crippen LogP contribution in [0.5, 0.6) is 5.75 Å². The molecular formula is C28H32N2O2. The fraction of sp³-hybridized carbons (Fsp3) is 0.321. The first-order valence-corrected chi connectivity index (χ1v) is 11.4. The predicted octanol–water partition coefficient (Wildman–Crippen LogP) is 5.18. The molecule has 1 aliphatic heterocycles. The Hall–Kier alpha value is -3.11. The third-order valence-electron chi connectivity index (χ3n) is 6.37. The SMILES string of the molecule is COc1cccc(CN2CC(C(=O)NC(C)c3ccccc3)CC(c3ccccc3)C2)c1. The average Bonchev–Trinajstić information content (AvgIpc) is 2.85. The molecule has 0 radical (unpaired) electrons. The summed E-state index contributed by atoms with van der Waals surface area (Å²) in [4.78, 5) is 15.7. The third-order valence-corrected chi connectivity index (χ3v) is 6.37. The Morgan fingerprint density at radius 3 is 2.44 bits per heavy atom. The van der Waals surface area contributed by atoms with Gasteiger partial charge in [-0.2, -0.15) is 0 Å². The minimum atomic E-state index is -0.0503. The van der Waals surface area contributed by atoms with E-state index in [-0.39, 0.29) is 17.9 Å². The Balaban J connectivity index is 1.50. The second-order valence-corrected chi connectivity index (χ2v) is 8.73. The van der Waals surface area contributed by atoms with Crippen molar-refractivity contribution in [3.05, 3.63) is 102 Å². The van der Waals surface area contributed by atoms with Crippen LogP contribution in [0.15, 0.2) is 84.9 Å². The zero-order valence-electron chi connectivity index (χ0n) is 18.9. The maximum Gasteiger partial charge on any atom is 0.224 e. The monoisotopic (exact) mass is 428 g/mol. The van der Waals surface area contributed by atoms with Gasteiger partial charge in [0.25, 0.3) is 0 Å². The van der Waals surface area contributed by atoms with E-state index in [1.807, 2.05) is 36.4 Å². The molecule has 0 saturated carbocycles.